The number of hydrogen-bond acceptors (Lipinski definition) is 6. The molecule has 0 radical (unpaired) electrons. The van der Waals surface area contributed by atoms with Gasteiger partial charge in [-0.05, 0) is 36.4 Å². The SMILES string of the molecule is COc1ccccc1C(=O)OCC(=O)c1ccc(N(C)S(C)(=O)=O)cc1. The number of para-hydroxylation sites is 1. The highest BCUT2D eigenvalue weighted by atomic mass is 32.2. The summed E-state index contributed by atoms with van der Waals surface area (Å²) in [6.45, 7) is -0.432. The zero-order valence-electron chi connectivity index (χ0n) is 14.6. The number of Topliss-reactive ketones (excluding diaryl/α,β-unsaturated/α-hetero) is 1. The summed E-state index contributed by atoms with van der Waals surface area (Å²) in [6, 6.07) is 12.5. The number of esters is 1. The molecule has 2 rings (SSSR count). The van der Waals surface area contributed by atoms with E-state index in [1.807, 2.05) is 0 Å². The average Bonchev–Trinajstić information content (AvgIpc) is 2.64. The highest BCUT2D eigenvalue weighted by molar-refractivity contribution is 7.92. The topological polar surface area (TPSA) is 90.0 Å². The van der Waals surface area contributed by atoms with Gasteiger partial charge in [0.2, 0.25) is 10.0 Å². The van der Waals surface area contributed by atoms with Crippen molar-refractivity contribution in [2.24, 2.45) is 0 Å². The van der Waals surface area contributed by atoms with Crippen molar-refractivity contribution in [3.8, 4) is 5.75 Å². The van der Waals surface area contributed by atoms with Gasteiger partial charge in [0, 0.05) is 12.6 Å². The third kappa shape index (κ3) is 4.60. The number of nitrogens with zero attached hydrogens (tertiary/aromatic N) is 1. The summed E-state index contributed by atoms with van der Waals surface area (Å²) in [5.41, 5.74) is 0.964. The van der Waals surface area contributed by atoms with Crippen molar-refractivity contribution >= 4 is 27.5 Å². The zero-order chi connectivity index (χ0) is 19.3. The molecule has 7 nitrogen and oxygen atoms in total. The molecule has 0 fully saturated rings. The van der Waals surface area contributed by atoms with Crippen molar-refractivity contribution in [2.45, 2.75) is 0 Å². The molecule has 0 aliphatic rings. The minimum atomic E-state index is -3.38. The fourth-order valence-corrected chi connectivity index (χ4v) is 2.66. The van der Waals surface area contributed by atoms with E-state index < -0.39 is 28.4 Å². The van der Waals surface area contributed by atoms with Crippen LogP contribution in [0.4, 0.5) is 5.69 Å². The summed E-state index contributed by atoms with van der Waals surface area (Å²) in [6.07, 6.45) is 1.09. The summed E-state index contributed by atoms with van der Waals surface area (Å²) in [5, 5.41) is 0. The van der Waals surface area contributed by atoms with E-state index in [0.29, 0.717) is 17.0 Å². The Bertz CT molecular complexity index is 906. The van der Waals surface area contributed by atoms with Crippen LogP contribution >= 0.6 is 0 Å². The standard InChI is InChI=1S/C18H19NO6S/c1-19(26(3,22)23)14-10-8-13(9-11-14)16(20)12-25-18(21)15-6-4-5-7-17(15)24-2/h4-11H,12H2,1-3H3. The fourth-order valence-electron chi connectivity index (χ4n) is 2.15. The van der Waals surface area contributed by atoms with Crippen LogP contribution in [-0.2, 0) is 14.8 Å². The predicted molar refractivity (Wildman–Crippen MR) is 97.3 cm³/mol. The molecule has 0 heterocycles. The normalized spacial score (nSPS) is 10.9. The minimum Gasteiger partial charge on any atom is -0.496 e. The lowest BCUT2D eigenvalue weighted by Crippen LogP contribution is -2.24. The van der Waals surface area contributed by atoms with Crippen molar-refractivity contribution in [3.63, 3.8) is 0 Å². The maximum atomic E-state index is 12.2. The van der Waals surface area contributed by atoms with E-state index in [2.05, 4.69) is 0 Å². The van der Waals surface area contributed by atoms with Gasteiger partial charge in [0.15, 0.2) is 12.4 Å². The number of carbonyl (C=O) groups is 2. The molecule has 138 valence electrons. The summed E-state index contributed by atoms with van der Waals surface area (Å²) in [7, 11) is -0.526. The molecule has 2 aromatic rings. The van der Waals surface area contributed by atoms with Crippen LogP contribution in [0.15, 0.2) is 48.5 Å². The van der Waals surface area contributed by atoms with E-state index >= 15 is 0 Å². The number of hydrogen-bond donors (Lipinski definition) is 0. The van der Waals surface area contributed by atoms with E-state index in [-0.39, 0.29) is 5.56 Å². The van der Waals surface area contributed by atoms with E-state index in [1.165, 1.54) is 38.4 Å². The van der Waals surface area contributed by atoms with Gasteiger partial charge in [0.25, 0.3) is 0 Å². The lowest BCUT2D eigenvalue weighted by molar-refractivity contribution is 0.0471. The summed E-state index contributed by atoms with van der Waals surface area (Å²) < 4.78 is 34.2. The Kier molecular flexibility index (Phi) is 5.99. The quantitative estimate of drug-likeness (QED) is 0.542. The van der Waals surface area contributed by atoms with Crippen molar-refractivity contribution in [1.29, 1.82) is 0 Å². The van der Waals surface area contributed by atoms with Crippen LogP contribution in [-0.4, -0.2) is 47.2 Å². The zero-order valence-corrected chi connectivity index (χ0v) is 15.4. The van der Waals surface area contributed by atoms with Crippen LogP contribution in [0, 0.1) is 0 Å². The molecule has 0 bridgehead atoms. The molecule has 2 aromatic carbocycles. The molecule has 8 heteroatoms. The van der Waals surface area contributed by atoms with E-state index in [4.69, 9.17) is 9.47 Å². The Morgan fingerprint density at radius 2 is 1.65 bits per heavy atom. The summed E-state index contributed by atoms with van der Waals surface area (Å²) in [4.78, 5) is 24.3. The third-order valence-corrected chi connectivity index (χ3v) is 4.92. The number of carbonyl (C=O) groups excluding carboxylic acids is 2. The van der Waals surface area contributed by atoms with Gasteiger partial charge in [-0.2, -0.15) is 0 Å². The lowest BCUT2D eigenvalue weighted by Gasteiger charge is -2.16. The number of sulfonamides is 1. The molecule has 0 saturated carbocycles. The maximum absolute atomic E-state index is 12.2. The maximum Gasteiger partial charge on any atom is 0.342 e. The lowest BCUT2D eigenvalue weighted by atomic mass is 10.1. The number of ketones is 1. The van der Waals surface area contributed by atoms with Crippen LogP contribution in [0.3, 0.4) is 0 Å². The van der Waals surface area contributed by atoms with Crippen LogP contribution in [0.1, 0.15) is 20.7 Å². The highest BCUT2D eigenvalue weighted by Crippen LogP contribution is 2.19. The van der Waals surface area contributed by atoms with Gasteiger partial charge in [-0.3, -0.25) is 9.10 Å². The Balaban J connectivity index is 2.03. The van der Waals surface area contributed by atoms with E-state index in [1.54, 1.807) is 24.3 Å². The largest absolute Gasteiger partial charge is 0.496 e. The highest BCUT2D eigenvalue weighted by Gasteiger charge is 2.16. The fraction of sp³-hybridized carbons (Fsp3) is 0.222. The molecular weight excluding hydrogens is 358 g/mol. The van der Waals surface area contributed by atoms with Gasteiger partial charge in [-0.1, -0.05) is 12.1 Å². The molecule has 0 spiro atoms. The molecular formula is C18H19NO6S. The Hall–Kier alpha value is -2.87. The average molecular weight is 377 g/mol. The molecule has 0 unspecified atom stereocenters. The molecule has 0 N–H and O–H groups in total. The number of methoxy groups -OCH3 is 1. The van der Waals surface area contributed by atoms with Crippen LogP contribution < -0.4 is 9.04 Å². The second kappa shape index (κ2) is 8.01. The van der Waals surface area contributed by atoms with Crippen molar-refractivity contribution in [3.05, 3.63) is 59.7 Å². The molecule has 0 saturated heterocycles. The van der Waals surface area contributed by atoms with Gasteiger partial charge < -0.3 is 9.47 Å². The first-order valence-electron chi connectivity index (χ1n) is 7.61. The van der Waals surface area contributed by atoms with Gasteiger partial charge in [0.05, 0.1) is 19.1 Å². The second-order valence-corrected chi connectivity index (χ2v) is 7.49. The summed E-state index contributed by atoms with van der Waals surface area (Å²) >= 11 is 0. The smallest absolute Gasteiger partial charge is 0.342 e. The van der Waals surface area contributed by atoms with Crippen LogP contribution in [0.2, 0.25) is 0 Å². The summed E-state index contributed by atoms with van der Waals surface area (Å²) in [5.74, 6) is -0.704. The van der Waals surface area contributed by atoms with E-state index in [9.17, 15) is 18.0 Å². The number of benzene rings is 2. The number of anilines is 1. The third-order valence-electron chi connectivity index (χ3n) is 3.71. The first-order chi connectivity index (χ1) is 12.2. The predicted octanol–water partition coefficient (Wildman–Crippen LogP) is 2.13. The second-order valence-electron chi connectivity index (χ2n) is 5.48. The molecule has 0 amide bonds. The van der Waals surface area contributed by atoms with Gasteiger partial charge in [0.1, 0.15) is 11.3 Å². The molecule has 0 aliphatic carbocycles. The van der Waals surface area contributed by atoms with Crippen LogP contribution in [0.5, 0.6) is 5.75 Å². The van der Waals surface area contributed by atoms with Gasteiger partial charge >= 0.3 is 5.97 Å². The van der Waals surface area contributed by atoms with Gasteiger partial charge in [-0.15, -0.1) is 0 Å². The van der Waals surface area contributed by atoms with Crippen molar-refractivity contribution in [1.82, 2.24) is 0 Å². The first-order valence-corrected chi connectivity index (χ1v) is 9.46. The number of ether oxygens (including phenoxy) is 2. The Labute approximate surface area is 152 Å². The molecule has 0 atom stereocenters. The molecule has 0 aliphatic heterocycles. The molecule has 0 aromatic heterocycles. The van der Waals surface area contributed by atoms with Crippen LogP contribution in [0.25, 0.3) is 0 Å². The first kappa shape index (κ1) is 19.5. The Morgan fingerprint density at radius 3 is 2.23 bits per heavy atom. The van der Waals surface area contributed by atoms with Crippen molar-refractivity contribution < 1.29 is 27.5 Å². The minimum absolute atomic E-state index is 0.230. The number of rotatable bonds is 7. The Morgan fingerprint density at radius 1 is 1.04 bits per heavy atom. The van der Waals surface area contributed by atoms with Gasteiger partial charge in [-0.25, -0.2) is 13.2 Å². The molecule has 26 heavy (non-hydrogen) atoms. The van der Waals surface area contributed by atoms with Crippen molar-refractivity contribution in [2.75, 3.05) is 31.3 Å². The van der Waals surface area contributed by atoms with E-state index in [0.717, 1.165) is 10.6 Å². The monoisotopic (exact) mass is 377 g/mol.